The van der Waals surface area contributed by atoms with Gasteiger partial charge < -0.3 is 15.0 Å². The molecule has 1 aliphatic heterocycles. The second-order valence-corrected chi connectivity index (χ2v) is 5.99. The molecule has 1 heterocycles. The summed E-state index contributed by atoms with van der Waals surface area (Å²) in [5, 5.41) is 2.82. The summed E-state index contributed by atoms with van der Waals surface area (Å²) in [6, 6.07) is 8.44. The molecule has 2 atom stereocenters. The van der Waals surface area contributed by atoms with Crippen molar-refractivity contribution in [3.63, 3.8) is 0 Å². The number of carbonyl (C=O) groups excluding carboxylic acids is 3. The van der Waals surface area contributed by atoms with Crippen LogP contribution in [0.25, 0.3) is 0 Å². The van der Waals surface area contributed by atoms with Crippen LogP contribution < -0.4 is 5.32 Å². The predicted molar refractivity (Wildman–Crippen MR) is 89.0 cm³/mol. The van der Waals surface area contributed by atoms with Crippen LogP contribution in [0.3, 0.4) is 0 Å². The van der Waals surface area contributed by atoms with Crippen LogP contribution in [0.15, 0.2) is 30.3 Å². The van der Waals surface area contributed by atoms with E-state index in [-0.39, 0.29) is 24.2 Å². The fraction of sp³-hybridized carbons (Fsp3) is 0.500. The summed E-state index contributed by atoms with van der Waals surface area (Å²) in [6.07, 6.45) is 2.51. The van der Waals surface area contributed by atoms with Crippen LogP contribution in [0.2, 0.25) is 0 Å². The maximum absolute atomic E-state index is 12.8. The monoisotopic (exact) mass is 332 g/mol. The number of esters is 1. The summed E-state index contributed by atoms with van der Waals surface area (Å²) in [5.74, 6) is -0.716. The number of nitrogens with zero attached hydrogens (tertiary/aromatic N) is 1. The summed E-state index contributed by atoms with van der Waals surface area (Å²) in [7, 11) is 1.34. The van der Waals surface area contributed by atoms with Crippen LogP contribution in [0.4, 0.5) is 0 Å². The first-order valence-corrected chi connectivity index (χ1v) is 8.22. The Balaban J connectivity index is 2.13. The molecule has 0 radical (unpaired) electrons. The van der Waals surface area contributed by atoms with Gasteiger partial charge in [0.2, 0.25) is 11.8 Å². The van der Waals surface area contributed by atoms with Gasteiger partial charge >= 0.3 is 5.97 Å². The van der Waals surface area contributed by atoms with Gasteiger partial charge in [-0.3, -0.25) is 9.59 Å². The molecular formula is C18H24N2O4. The molecule has 6 heteroatoms. The highest BCUT2D eigenvalue weighted by atomic mass is 16.5. The number of hydrogen-bond acceptors (Lipinski definition) is 4. The summed E-state index contributed by atoms with van der Waals surface area (Å²) >= 11 is 0. The SMILES string of the molecule is COC(=O)C1CCCCN1C(=O)CC(NC(C)=O)c1ccccc1. The molecular weight excluding hydrogens is 308 g/mol. The third-order valence-corrected chi connectivity index (χ3v) is 4.25. The van der Waals surface area contributed by atoms with Gasteiger partial charge in [-0.05, 0) is 24.8 Å². The molecule has 0 spiro atoms. The Labute approximate surface area is 142 Å². The van der Waals surface area contributed by atoms with Crippen molar-refractivity contribution >= 4 is 17.8 Å². The molecule has 0 saturated carbocycles. The fourth-order valence-electron chi connectivity index (χ4n) is 3.09. The van der Waals surface area contributed by atoms with Crippen molar-refractivity contribution in [2.75, 3.05) is 13.7 Å². The molecule has 6 nitrogen and oxygen atoms in total. The minimum atomic E-state index is -0.523. The van der Waals surface area contributed by atoms with E-state index in [1.807, 2.05) is 30.3 Å². The van der Waals surface area contributed by atoms with Crippen LogP contribution in [-0.2, 0) is 19.1 Å². The Bertz CT molecular complexity index is 588. The molecule has 1 saturated heterocycles. The van der Waals surface area contributed by atoms with Gasteiger partial charge in [0, 0.05) is 13.5 Å². The van der Waals surface area contributed by atoms with Gasteiger partial charge in [-0.25, -0.2) is 4.79 Å². The molecule has 1 fully saturated rings. The van der Waals surface area contributed by atoms with E-state index in [2.05, 4.69) is 5.32 Å². The van der Waals surface area contributed by atoms with E-state index in [1.54, 1.807) is 4.90 Å². The topological polar surface area (TPSA) is 75.7 Å². The first kappa shape index (κ1) is 18.0. The van der Waals surface area contributed by atoms with Crippen molar-refractivity contribution in [2.45, 2.75) is 44.7 Å². The van der Waals surface area contributed by atoms with E-state index in [0.29, 0.717) is 13.0 Å². The van der Waals surface area contributed by atoms with Gasteiger partial charge in [0.1, 0.15) is 6.04 Å². The lowest BCUT2D eigenvalue weighted by Crippen LogP contribution is -2.49. The quantitative estimate of drug-likeness (QED) is 0.835. The van der Waals surface area contributed by atoms with Crippen molar-refractivity contribution < 1.29 is 19.1 Å². The second kappa shape index (κ2) is 8.47. The standard InChI is InChI=1S/C18H24N2O4/c1-13(21)19-15(14-8-4-3-5-9-14)12-17(22)20-11-7-6-10-16(20)18(23)24-2/h3-5,8-9,15-16H,6-7,10-12H2,1-2H3,(H,19,21). The summed E-state index contributed by atoms with van der Waals surface area (Å²) in [5.41, 5.74) is 0.868. The van der Waals surface area contributed by atoms with Gasteiger partial charge in [0.05, 0.1) is 19.6 Å². The zero-order valence-electron chi connectivity index (χ0n) is 14.2. The number of piperidine rings is 1. The second-order valence-electron chi connectivity index (χ2n) is 5.99. The van der Waals surface area contributed by atoms with Gasteiger partial charge in [-0.15, -0.1) is 0 Å². The first-order valence-electron chi connectivity index (χ1n) is 8.22. The van der Waals surface area contributed by atoms with Crippen LogP contribution in [-0.4, -0.2) is 42.4 Å². The Morgan fingerprint density at radius 2 is 1.96 bits per heavy atom. The zero-order valence-corrected chi connectivity index (χ0v) is 14.2. The summed E-state index contributed by atoms with van der Waals surface area (Å²) in [4.78, 5) is 37.8. The molecule has 2 amide bonds. The van der Waals surface area contributed by atoms with E-state index >= 15 is 0 Å². The Morgan fingerprint density at radius 3 is 2.58 bits per heavy atom. The van der Waals surface area contributed by atoms with Crippen molar-refractivity contribution in [1.82, 2.24) is 10.2 Å². The number of ether oxygens (including phenoxy) is 1. The molecule has 1 aliphatic rings. The van der Waals surface area contributed by atoms with Crippen LogP contribution >= 0.6 is 0 Å². The van der Waals surface area contributed by atoms with Crippen molar-refractivity contribution in [2.24, 2.45) is 0 Å². The third kappa shape index (κ3) is 4.57. The zero-order chi connectivity index (χ0) is 17.5. The van der Waals surface area contributed by atoms with E-state index < -0.39 is 12.1 Å². The van der Waals surface area contributed by atoms with E-state index in [1.165, 1.54) is 14.0 Å². The lowest BCUT2D eigenvalue weighted by atomic mass is 9.98. The molecule has 24 heavy (non-hydrogen) atoms. The molecule has 2 rings (SSSR count). The molecule has 1 aromatic rings. The Hall–Kier alpha value is -2.37. The predicted octanol–water partition coefficient (Wildman–Crippen LogP) is 1.81. The average molecular weight is 332 g/mol. The van der Waals surface area contributed by atoms with Crippen molar-refractivity contribution in [1.29, 1.82) is 0 Å². The minimum Gasteiger partial charge on any atom is -0.467 e. The Morgan fingerprint density at radius 1 is 1.25 bits per heavy atom. The number of benzene rings is 1. The molecule has 2 unspecified atom stereocenters. The highest BCUT2D eigenvalue weighted by Gasteiger charge is 2.33. The van der Waals surface area contributed by atoms with Gasteiger partial charge in [-0.2, -0.15) is 0 Å². The molecule has 1 N–H and O–H groups in total. The number of rotatable bonds is 5. The van der Waals surface area contributed by atoms with Crippen LogP contribution in [0.1, 0.15) is 44.2 Å². The fourth-order valence-corrected chi connectivity index (χ4v) is 3.09. The lowest BCUT2D eigenvalue weighted by Gasteiger charge is -2.34. The number of methoxy groups -OCH3 is 1. The summed E-state index contributed by atoms with van der Waals surface area (Å²) < 4.78 is 4.82. The smallest absolute Gasteiger partial charge is 0.328 e. The maximum Gasteiger partial charge on any atom is 0.328 e. The largest absolute Gasteiger partial charge is 0.467 e. The summed E-state index contributed by atoms with van der Waals surface area (Å²) in [6.45, 7) is 1.97. The lowest BCUT2D eigenvalue weighted by molar-refractivity contribution is -0.155. The van der Waals surface area contributed by atoms with Crippen LogP contribution in [0.5, 0.6) is 0 Å². The Kier molecular flexibility index (Phi) is 6.35. The van der Waals surface area contributed by atoms with Crippen molar-refractivity contribution in [3.05, 3.63) is 35.9 Å². The average Bonchev–Trinajstić information content (AvgIpc) is 2.60. The van der Waals surface area contributed by atoms with Gasteiger partial charge in [-0.1, -0.05) is 30.3 Å². The van der Waals surface area contributed by atoms with Gasteiger partial charge in [0.15, 0.2) is 0 Å². The number of amides is 2. The minimum absolute atomic E-state index is 0.122. The third-order valence-electron chi connectivity index (χ3n) is 4.25. The van der Waals surface area contributed by atoms with Crippen molar-refractivity contribution in [3.8, 4) is 0 Å². The van der Waals surface area contributed by atoms with Gasteiger partial charge in [0.25, 0.3) is 0 Å². The number of nitrogens with one attached hydrogen (secondary N) is 1. The number of hydrogen-bond donors (Lipinski definition) is 1. The normalized spacial score (nSPS) is 18.6. The number of carbonyl (C=O) groups is 3. The molecule has 1 aromatic carbocycles. The van der Waals surface area contributed by atoms with Crippen LogP contribution in [0, 0.1) is 0 Å². The highest BCUT2D eigenvalue weighted by molar-refractivity contribution is 5.85. The maximum atomic E-state index is 12.8. The van der Waals surface area contributed by atoms with E-state index in [4.69, 9.17) is 4.74 Å². The first-order chi connectivity index (χ1) is 11.5. The number of likely N-dealkylation sites (tertiary alicyclic amines) is 1. The highest BCUT2D eigenvalue weighted by Crippen LogP contribution is 2.23. The molecule has 0 aromatic heterocycles. The molecule has 130 valence electrons. The van der Waals surface area contributed by atoms with E-state index in [0.717, 1.165) is 18.4 Å². The molecule has 0 aliphatic carbocycles. The van der Waals surface area contributed by atoms with E-state index in [9.17, 15) is 14.4 Å². The molecule has 0 bridgehead atoms.